The van der Waals surface area contributed by atoms with Crippen LogP contribution in [0.3, 0.4) is 0 Å². The summed E-state index contributed by atoms with van der Waals surface area (Å²) in [5, 5.41) is 6.81. The molecule has 0 unspecified atom stereocenters. The molecule has 0 aliphatic carbocycles. The second-order valence-corrected chi connectivity index (χ2v) is 8.67. The van der Waals surface area contributed by atoms with E-state index in [0.29, 0.717) is 12.5 Å². The fraction of sp³-hybridized carbons (Fsp3) is 0.643. The lowest BCUT2D eigenvalue weighted by atomic mass is 10.00. The van der Waals surface area contributed by atoms with Crippen molar-refractivity contribution in [2.45, 2.75) is 23.1 Å². The highest BCUT2D eigenvalue weighted by atomic mass is 32.2. The molecule has 1 fully saturated rings. The number of halogens is 3. The zero-order chi connectivity index (χ0) is 19.9. The minimum absolute atomic E-state index is 0.0135. The van der Waals surface area contributed by atoms with Gasteiger partial charge in [0.1, 0.15) is 0 Å². The van der Waals surface area contributed by atoms with Crippen molar-refractivity contribution < 1.29 is 31.5 Å². The number of fused-ring (bicyclic) bond motifs is 3. The first-order valence-corrected chi connectivity index (χ1v) is 9.28. The number of nitrogens with zero attached hydrogens (tertiary/aromatic N) is 4. The van der Waals surface area contributed by atoms with Gasteiger partial charge in [0.2, 0.25) is 5.95 Å². The molecule has 0 aromatic carbocycles. The lowest BCUT2D eigenvalue weighted by Gasteiger charge is -2.27. The third kappa shape index (κ3) is 4.23. The van der Waals surface area contributed by atoms with Crippen molar-refractivity contribution in [1.82, 2.24) is 14.9 Å². The van der Waals surface area contributed by atoms with Gasteiger partial charge < -0.3 is 14.9 Å². The van der Waals surface area contributed by atoms with E-state index in [1.54, 1.807) is 6.20 Å². The van der Waals surface area contributed by atoms with E-state index in [0.717, 1.165) is 17.8 Å². The van der Waals surface area contributed by atoms with Crippen LogP contribution < -0.4 is 4.90 Å². The Morgan fingerprint density at radius 3 is 2.42 bits per heavy atom. The van der Waals surface area contributed by atoms with E-state index < -0.39 is 22.0 Å². The van der Waals surface area contributed by atoms with E-state index in [1.807, 2.05) is 26.0 Å². The first-order chi connectivity index (χ1) is 11.8. The molecule has 1 aromatic rings. The molecule has 26 heavy (non-hydrogen) atoms. The smallest absolute Gasteiger partial charge is 0.475 e. The Kier molecular flexibility index (Phi) is 5.47. The van der Waals surface area contributed by atoms with E-state index in [2.05, 4.69) is 14.9 Å². The van der Waals surface area contributed by atoms with Gasteiger partial charge >= 0.3 is 12.1 Å². The van der Waals surface area contributed by atoms with Gasteiger partial charge in [0.25, 0.3) is 0 Å². The molecule has 0 amide bonds. The molecular weight excluding hydrogens is 377 g/mol. The summed E-state index contributed by atoms with van der Waals surface area (Å²) in [5.41, 5.74) is 1.69. The van der Waals surface area contributed by atoms with E-state index >= 15 is 0 Å². The Morgan fingerprint density at radius 2 is 1.92 bits per heavy atom. The van der Waals surface area contributed by atoms with Crippen molar-refractivity contribution in [3.8, 4) is 0 Å². The summed E-state index contributed by atoms with van der Waals surface area (Å²) in [7, 11) is 2.66. The Labute approximate surface area is 148 Å². The summed E-state index contributed by atoms with van der Waals surface area (Å²) in [6, 6.07) is 0. The van der Waals surface area contributed by atoms with Crippen molar-refractivity contribution >= 4 is 21.8 Å². The third-order valence-electron chi connectivity index (χ3n) is 4.15. The van der Waals surface area contributed by atoms with Gasteiger partial charge in [-0.05, 0) is 7.05 Å². The number of anilines is 1. The normalized spacial score (nSPS) is 24.1. The van der Waals surface area contributed by atoms with Crippen LogP contribution in [0.5, 0.6) is 0 Å². The topological polar surface area (TPSA) is 104 Å². The molecule has 0 bridgehead atoms. The summed E-state index contributed by atoms with van der Waals surface area (Å²) >= 11 is 0. The van der Waals surface area contributed by atoms with E-state index in [4.69, 9.17) is 9.90 Å². The van der Waals surface area contributed by atoms with Crippen molar-refractivity contribution in [3.63, 3.8) is 0 Å². The molecule has 2 aliphatic heterocycles. The van der Waals surface area contributed by atoms with Crippen LogP contribution >= 0.6 is 0 Å². The van der Waals surface area contributed by atoms with Crippen molar-refractivity contribution in [2.75, 3.05) is 39.1 Å². The lowest BCUT2D eigenvalue weighted by Crippen LogP contribution is -2.35. The summed E-state index contributed by atoms with van der Waals surface area (Å²) in [6.45, 7) is 1.36. The Bertz CT molecular complexity index is 798. The molecule has 0 saturated carbocycles. The zero-order valence-corrected chi connectivity index (χ0v) is 15.2. The minimum atomic E-state index is -5.08. The molecule has 1 N–H and O–H groups in total. The molecule has 2 aliphatic rings. The third-order valence-corrected chi connectivity index (χ3v) is 6.26. The van der Waals surface area contributed by atoms with Crippen molar-refractivity contribution in [2.24, 2.45) is 0 Å². The first kappa shape index (κ1) is 20.4. The molecular formula is C14H19F3N4O4S. The first-order valence-electron chi connectivity index (χ1n) is 7.56. The number of likely N-dealkylation sites (tertiary alicyclic amines) is 1. The summed E-state index contributed by atoms with van der Waals surface area (Å²) < 4.78 is 56.3. The van der Waals surface area contributed by atoms with Gasteiger partial charge in [0, 0.05) is 44.9 Å². The quantitative estimate of drug-likeness (QED) is 0.732. The number of carboxylic acid groups (broad SMARTS) is 1. The highest BCUT2D eigenvalue weighted by molar-refractivity contribution is 7.91. The SMILES string of the molecule is CN1C[C@@H]2c3nc(N(C)C)ncc3CS(=O)(=O)[C@@H]2C1.O=C(O)C(F)(F)F. The van der Waals surface area contributed by atoms with Crippen LogP contribution in [0.2, 0.25) is 0 Å². The predicted octanol–water partition coefficient (Wildman–Crippen LogP) is 0.502. The number of alkyl halides is 3. The summed E-state index contributed by atoms with van der Waals surface area (Å²) in [5.74, 6) is -2.05. The van der Waals surface area contributed by atoms with Crippen LogP contribution in [-0.2, 0) is 20.4 Å². The number of carbonyl (C=O) groups is 1. The fourth-order valence-electron chi connectivity index (χ4n) is 2.97. The molecule has 1 aromatic heterocycles. The number of hydrogen-bond donors (Lipinski definition) is 1. The second-order valence-electron chi connectivity index (χ2n) is 6.45. The van der Waals surface area contributed by atoms with Crippen LogP contribution in [0.4, 0.5) is 19.1 Å². The molecule has 12 heteroatoms. The van der Waals surface area contributed by atoms with Crippen LogP contribution in [0.1, 0.15) is 17.2 Å². The van der Waals surface area contributed by atoms with Crippen LogP contribution in [0.15, 0.2) is 6.20 Å². The standard InChI is InChI=1S/C12H18N4O2S.C2HF3O2/c1-15(2)12-13-4-8-7-19(17,18)10-6-16(3)5-9(10)11(8)14-12;3-2(4,5)1(6)7/h4,9-10H,5-7H2,1-3H3;(H,6,7)/t9-,10+;/m0./s1. The summed E-state index contributed by atoms with van der Waals surface area (Å²) in [4.78, 5) is 21.6. The zero-order valence-electron chi connectivity index (χ0n) is 14.4. The van der Waals surface area contributed by atoms with E-state index in [-0.39, 0.29) is 16.9 Å². The number of hydrogen-bond acceptors (Lipinski definition) is 7. The number of carboxylic acids is 1. The van der Waals surface area contributed by atoms with Gasteiger partial charge in [-0.1, -0.05) is 0 Å². The molecule has 2 atom stereocenters. The largest absolute Gasteiger partial charge is 0.490 e. The molecule has 3 heterocycles. The van der Waals surface area contributed by atoms with Crippen molar-refractivity contribution in [1.29, 1.82) is 0 Å². The maximum Gasteiger partial charge on any atom is 0.490 e. The van der Waals surface area contributed by atoms with Crippen LogP contribution in [-0.4, -0.2) is 80.0 Å². The second kappa shape index (κ2) is 6.99. The van der Waals surface area contributed by atoms with Crippen LogP contribution in [0, 0.1) is 0 Å². The van der Waals surface area contributed by atoms with Crippen molar-refractivity contribution in [3.05, 3.63) is 17.5 Å². The maximum absolute atomic E-state index is 12.3. The van der Waals surface area contributed by atoms with Gasteiger partial charge in [0.05, 0.1) is 16.7 Å². The number of sulfone groups is 1. The molecule has 1 saturated heterocycles. The van der Waals surface area contributed by atoms with Gasteiger partial charge in [-0.15, -0.1) is 0 Å². The Hall–Kier alpha value is -1.95. The molecule has 3 rings (SSSR count). The predicted molar refractivity (Wildman–Crippen MR) is 86.7 cm³/mol. The highest BCUT2D eigenvalue weighted by Crippen LogP contribution is 2.38. The van der Waals surface area contributed by atoms with E-state index in [1.165, 1.54) is 0 Å². The fourth-order valence-corrected chi connectivity index (χ4v) is 5.04. The van der Waals surface area contributed by atoms with E-state index in [9.17, 15) is 21.6 Å². The van der Waals surface area contributed by atoms with Gasteiger partial charge in [0.15, 0.2) is 9.84 Å². The van der Waals surface area contributed by atoms with Gasteiger partial charge in [-0.2, -0.15) is 13.2 Å². The van der Waals surface area contributed by atoms with Gasteiger partial charge in [-0.3, -0.25) is 0 Å². The molecule has 0 spiro atoms. The average Bonchev–Trinajstić information content (AvgIpc) is 2.89. The monoisotopic (exact) mass is 396 g/mol. The van der Waals surface area contributed by atoms with Gasteiger partial charge in [-0.25, -0.2) is 23.2 Å². The lowest BCUT2D eigenvalue weighted by molar-refractivity contribution is -0.192. The molecule has 0 radical (unpaired) electrons. The Balaban J connectivity index is 0.000000298. The average molecular weight is 396 g/mol. The number of rotatable bonds is 1. The summed E-state index contributed by atoms with van der Waals surface area (Å²) in [6.07, 6.45) is -3.41. The number of aromatic nitrogens is 2. The molecule has 146 valence electrons. The number of aliphatic carboxylic acids is 1. The Morgan fingerprint density at radius 1 is 1.35 bits per heavy atom. The minimum Gasteiger partial charge on any atom is -0.475 e. The maximum atomic E-state index is 12.3. The number of likely N-dealkylation sites (N-methyl/N-ethyl adjacent to an activating group) is 1. The molecule has 8 nitrogen and oxygen atoms in total. The van der Waals surface area contributed by atoms with Crippen LogP contribution in [0.25, 0.3) is 0 Å². The highest BCUT2D eigenvalue weighted by Gasteiger charge is 2.46.